The van der Waals surface area contributed by atoms with Gasteiger partial charge in [-0.2, -0.15) is 24.9 Å². The SMILES string of the molecule is O=C(Cc1cccc(C(F)(F)F)c1)N1CCSC(c2ccccc2F)CC1. The standard InChI is InChI=1S/C20H19F4NOS/c21-17-7-2-1-6-16(17)18-8-9-25(10-11-27-18)19(26)13-14-4-3-5-15(12-14)20(22,23)24/h1-7,12,18H,8-11,13H2. The van der Waals surface area contributed by atoms with Crippen LogP contribution in [-0.2, 0) is 17.4 Å². The second-order valence-corrected chi connectivity index (χ2v) is 7.74. The Morgan fingerprint density at radius 3 is 2.63 bits per heavy atom. The van der Waals surface area contributed by atoms with Gasteiger partial charge in [0.05, 0.1) is 12.0 Å². The molecule has 1 aliphatic rings. The van der Waals surface area contributed by atoms with Gasteiger partial charge >= 0.3 is 6.18 Å². The number of amides is 1. The molecule has 27 heavy (non-hydrogen) atoms. The fraction of sp³-hybridized carbons (Fsp3) is 0.350. The van der Waals surface area contributed by atoms with Gasteiger partial charge in [-0.1, -0.05) is 36.4 Å². The molecule has 0 bridgehead atoms. The topological polar surface area (TPSA) is 20.3 Å². The molecule has 1 fully saturated rings. The number of benzene rings is 2. The molecule has 0 aliphatic carbocycles. The van der Waals surface area contributed by atoms with Gasteiger partial charge < -0.3 is 4.90 Å². The number of hydrogen-bond donors (Lipinski definition) is 0. The van der Waals surface area contributed by atoms with Gasteiger partial charge in [0, 0.05) is 29.7 Å². The van der Waals surface area contributed by atoms with Crippen molar-refractivity contribution in [2.45, 2.75) is 24.3 Å². The van der Waals surface area contributed by atoms with Gasteiger partial charge in [-0.25, -0.2) is 4.39 Å². The van der Waals surface area contributed by atoms with E-state index in [1.807, 2.05) is 0 Å². The number of thioether (sulfide) groups is 1. The molecular formula is C20H19F4NOS. The van der Waals surface area contributed by atoms with Crippen molar-refractivity contribution in [3.8, 4) is 0 Å². The molecule has 1 heterocycles. The lowest BCUT2D eigenvalue weighted by atomic mass is 10.1. The summed E-state index contributed by atoms with van der Waals surface area (Å²) in [7, 11) is 0. The molecule has 2 nitrogen and oxygen atoms in total. The van der Waals surface area contributed by atoms with E-state index < -0.39 is 11.7 Å². The van der Waals surface area contributed by atoms with Crippen molar-refractivity contribution < 1.29 is 22.4 Å². The van der Waals surface area contributed by atoms with Crippen LogP contribution in [0.25, 0.3) is 0 Å². The van der Waals surface area contributed by atoms with Crippen molar-refractivity contribution in [3.63, 3.8) is 0 Å². The Balaban J connectivity index is 1.64. The van der Waals surface area contributed by atoms with E-state index in [1.54, 1.807) is 34.9 Å². The van der Waals surface area contributed by atoms with Crippen LogP contribution in [0.1, 0.15) is 28.4 Å². The third-order valence-electron chi connectivity index (χ3n) is 4.56. The van der Waals surface area contributed by atoms with Crippen LogP contribution in [0.4, 0.5) is 17.6 Å². The second kappa shape index (κ2) is 8.33. The van der Waals surface area contributed by atoms with Gasteiger partial charge in [-0.3, -0.25) is 4.79 Å². The van der Waals surface area contributed by atoms with E-state index in [0.717, 1.165) is 12.1 Å². The van der Waals surface area contributed by atoms with Crippen molar-refractivity contribution in [1.29, 1.82) is 0 Å². The average molecular weight is 397 g/mol. The molecule has 0 spiro atoms. The number of rotatable bonds is 3. The first-order chi connectivity index (χ1) is 12.8. The molecule has 0 aromatic heterocycles. The Kier molecular flexibility index (Phi) is 6.09. The Labute approximate surface area is 159 Å². The van der Waals surface area contributed by atoms with Crippen molar-refractivity contribution >= 4 is 17.7 Å². The summed E-state index contributed by atoms with van der Waals surface area (Å²) in [6.45, 7) is 0.969. The molecule has 1 saturated heterocycles. The molecule has 0 saturated carbocycles. The summed E-state index contributed by atoms with van der Waals surface area (Å²) in [4.78, 5) is 14.2. The van der Waals surface area contributed by atoms with Crippen molar-refractivity contribution in [2.75, 3.05) is 18.8 Å². The second-order valence-electron chi connectivity index (χ2n) is 6.43. The maximum atomic E-state index is 14.0. The molecule has 2 aromatic carbocycles. The maximum Gasteiger partial charge on any atom is 0.416 e. The molecule has 7 heteroatoms. The first kappa shape index (κ1) is 19.7. The third kappa shape index (κ3) is 5.03. The van der Waals surface area contributed by atoms with Gasteiger partial charge in [0.15, 0.2) is 0 Å². The molecule has 0 radical (unpaired) electrons. The van der Waals surface area contributed by atoms with Crippen LogP contribution in [0.5, 0.6) is 0 Å². The van der Waals surface area contributed by atoms with Crippen molar-refractivity contribution in [2.24, 2.45) is 0 Å². The number of nitrogens with zero attached hydrogens (tertiary/aromatic N) is 1. The first-order valence-corrected chi connectivity index (χ1v) is 9.69. The van der Waals surface area contributed by atoms with Gasteiger partial charge in [0.2, 0.25) is 5.91 Å². The smallest absolute Gasteiger partial charge is 0.342 e. The number of carbonyl (C=O) groups excluding carboxylic acids is 1. The van der Waals surface area contributed by atoms with Crippen molar-refractivity contribution in [3.05, 3.63) is 71.0 Å². The predicted molar refractivity (Wildman–Crippen MR) is 97.9 cm³/mol. The van der Waals surface area contributed by atoms with E-state index in [2.05, 4.69) is 0 Å². The zero-order chi connectivity index (χ0) is 19.4. The monoisotopic (exact) mass is 397 g/mol. The largest absolute Gasteiger partial charge is 0.416 e. The van der Waals surface area contributed by atoms with E-state index >= 15 is 0 Å². The summed E-state index contributed by atoms with van der Waals surface area (Å²) < 4.78 is 52.5. The lowest BCUT2D eigenvalue weighted by Gasteiger charge is -2.21. The number of halogens is 4. The number of carbonyl (C=O) groups is 1. The van der Waals surface area contributed by atoms with E-state index in [0.29, 0.717) is 36.4 Å². The number of hydrogen-bond acceptors (Lipinski definition) is 2. The Hall–Kier alpha value is -2.02. The lowest BCUT2D eigenvalue weighted by molar-refractivity contribution is -0.138. The van der Waals surface area contributed by atoms with Crippen LogP contribution >= 0.6 is 11.8 Å². The van der Waals surface area contributed by atoms with Crippen LogP contribution < -0.4 is 0 Å². The molecule has 2 aromatic rings. The minimum absolute atomic E-state index is 0.0300. The first-order valence-electron chi connectivity index (χ1n) is 8.64. The average Bonchev–Trinajstić information content (AvgIpc) is 2.88. The molecule has 144 valence electrons. The van der Waals surface area contributed by atoms with Crippen molar-refractivity contribution in [1.82, 2.24) is 4.90 Å². The van der Waals surface area contributed by atoms with Gasteiger partial charge in [-0.15, -0.1) is 0 Å². The van der Waals surface area contributed by atoms with Crippen LogP contribution in [-0.4, -0.2) is 29.6 Å². The summed E-state index contributed by atoms with van der Waals surface area (Å²) in [5.74, 6) is 0.204. The zero-order valence-corrected chi connectivity index (χ0v) is 15.3. The molecule has 1 atom stereocenters. The summed E-state index contributed by atoms with van der Waals surface area (Å²) >= 11 is 1.60. The third-order valence-corrected chi connectivity index (χ3v) is 5.87. The highest BCUT2D eigenvalue weighted by Crippen LogP contribution is 2.36. The highest BCUT2D eigenvalue weighted by Gasteiger charge is 2.30. The molecule has 1 aliphatic heterocycles. The van der Waals surface area contributed by atoms with Crippen LogP contribution in [0.3, 0.4) is 0 Å². The molecule has 3 rings (SSSR count). The van der Waals surface area contributed by atoms with Crippen LogP contribution in [0.15, 0.2) is 48.5 Å². The molecule has 1 amide bonds. The summed E-state index contributed by atoms with van der Waals surface area (Å²) in [6.07, 6.45) is -3.88. The highest BCUT2D eigenvalue weighted by molar-refractivity contribution is 7.99. The lowest BCUT2D eigenvalue weighted by Crippen LogP contribution is -2.34. The van der Waals surface area contributed by atoms with Gasteiger partial charge in [0.25, 0.3) is 0 Å². The van der Waals surface area contributed by atoms with Gasteiger partial charge in [-0.05, 0) is 24.1 Å². The van der Waals surface area contributed by atoms with Crippen LogP contribution in [0, 0.1) is 5.82 Å². The van der Waals surface area contributed by atoms with E-state index in [4.69, 9.17) is 0 Å². The van der Waals surface area contributed by atoms with Crippen LogP contribution in [0.2, 0.25) is 0 Å². The zero-order valence-electron chi connectivity index (χ0n) is 14.5. The Bertz CT molecular complexity index is 809. The minimum Gasteiger partial charge on any atom is -0.342 e. The molecular weight excluding hydrogens is 378 g/mol. The normalized spacial score (nSPS) is 18.2. The fourth-order valence-electron chi connectivity index (χ4n) is 3.15. The number of alkyl halides is 3. The van der Waals surface area contributed by atoms with E-state index in [9.17, 15) is 22.4 Å². The Morgan fingerprint density at radius 1 is 1.11 bits per heavy atom. The fourth-order valence-corrected chi connectivity index (χ4v) is 4.40. The Morgan fingerprint density at radius 2 is 1.89 bits per heavy atom. The molecule has 0 N–H and O–H groups in total. The summed E-state index contributed by atoms with van der Waals surface area (Å²) in [5.41, 5.74) is 0.228. The minimum atomic E-state index is -4.43. The quantitative estimate of drug-likeness (QED) is 0.672. The highest BCUT2D eigenvalue weighted by atomic mass is 32.2. The van der Waals surface area contributed by atoms with E-state index in [1.165, 1.54) is 18.2 Å². The van der Waals surface area contributed by atoms with E-state index in [-0.39, 0.29) is 23.4 Å². The van der Waals surface area contributed by atoms with Gasteiger partial charge in [0.1, 0.15) is 5.82 Å². The summed E-state index contributed by atoms with van der Waals surface area (Å²) in [6, 6.07) is 11.5. The predicted octanol–water partition coefficient (Wildman–Crippen LogP) is 5.09. The maximum absolute atomic E-state index is 14.0. The molecule has 1 unspecified atom stereocenters. The summed E-state index contributed by atoms with van der Waals surface area (Å²) in [5, 5.41) is -0.0300.